The summed E-state index contributed by atoms with van der Waals surface area (Å²) in [6.07, 6.45) is 4.16. The summed E-state index contributed by atoms with van der Waals surface area (Å²) < 4.78 is 9.67. The molecule has 4 nitrogen and oxygen atoms in total. The van der Waals surface area contributed by atoms with E-state index in [1.54, 1.807) is 24.3 Å². The molecule has 0 aromatic heterocycles. The van der Waals surface area contributed by atoms with Crippen LogP contribution in [0.4, 0.5) is 0 Å². The molecule has 0 saturated heterocycles. The van der Waals surface area contributed by atoms with Gasteiger partial charge in [-0.2, -0.15) is 0 Å². The zero-order valence-electron chi connectivity index (χ0n) is 20.2. The maximum Gasteiger partial charge on any atom is 0.337 e. The van der Waals surface area contributed by atoms with Crippen LogP contribution in [-0.2, 0) is 9.47 Å². The summed E-state index contributed by atoms with van der Waals surface area (Å²) in [6.45, 7) is 0. The van der Waals surface area contributed by atoms with Crippen molar-refractivity contribution >= 4 is 23.1 Å². The van der Waals surface area contributed by atoms with Crippen molar-refractivity contribution in [2.45, 2.75) is 0 Å². The van der Waals surface area contributed by atoms with Crippen LogP contribution in [-0.4, -0.2) is 26.2 Å². The summed E-state index contributed by atoms with van der Waals surface area (Å²) >= 11 is 0. The van der Waals surface area contributed by atoms with E-state index in [1.165, 1.54) is 14.2 Å². The standard InChI is InChI=1S/C32H26O4/c1-35-31(33)27-17-13-25(14-18-27)29(23-9-5-3-6-10-23)21-22-30(24-11-7-4-8-12-24)26-15-19-28(20-16-26)32(34)36-2/h3-22H,1-2H3/b29-21+,30-22+. The molecule has 0 aliphatic rings. The summed E-state index contributed by atoms with van der Waals surface area (Å²) in [7, 11) is 2.75. The van der Waals surface area contributed by atoms with Crippen molar-refractivity contribution in [3.8, 4) is 0 Å². The van der Waals surface area contributed by atoms with Gasteiger partial charge in [-0.05, 0) is 57.7 Å². The lowest BCUT2D eigenvalue weighted by Crippen LogP contribution is -2.01. The summed E-state index contributed by atoms with van der Waals surface area (Å²) in [6, 6.07) is 35.0. The molecule has 4 aromatic carbocycles. The van der Waals surface area contributed by atoms with Crippen LogP contribution in [0.2, 0.25) is 0 Å². The first-order chi connectivity index (χ1) is 17.6. The van der Waals surface area contributed by atoms with Gasteiger partial charge in [-0.15, -0.1) is 0 Å². The molecule has 0 aliphatic carbocycles. The molecule has 0 bridgehead atoms. The van der Waals surface area contributed by atoms with Crippen molar-refractivity contribution in [1.82, 2.24) is 0 Å². The molecule has 0 unspecified atom stereocenters. The quantitative estimate of drug-likeness (QED) is 0.218. The highest BCUT2D eigenvalue weighted by atomic mass is 16.5. The SMILES string of the molecule is COC(=O)c1ccc(/C(=C/C=C(\c2ccccc2)c2ccc(C(=O)OC)cc2)c2ccccc2)cc1. The monoisotopic (exact) mass is 474 g/mol. The van der Waals surface area contributed by atoms with Crippen LogP contribution in [0.15, 0.2) is 121 Å². The molecule has 0 saturated carbocycles. The number of ether oxygens (including phenoxy) is 2. The number of carbonyl (C=O) groups excluding carboxylic acids is 2. The number of hydrogen-bond donors (Lipinski definition) is 0. The van der Waals surface area contributed by atoms with Gasteiger partial charge in [0.05, 0.1) is 25.3 Å². The topological polar surface area (TPSA) is 52.6 Å². The van der Waals surface area contributed by atoms with Gasteiger partial charge >= 0.3 is 11.9 Å². The minimum Gasteiger partial charge on any atom is -0.465 e. The number of methoxy groups -OCH3 is 2. The zero-order chi connectivity index (χ0) is 25.3. The first-order valence-corrected chi connectivity index (χ1v) is 11.5. The maximum absolute atomic E-state index is 11.9. The second-order valence-electron chi connectivity index (χ2n) is 8.03. The van der Waals surface area contributed by atoms with Gasteiger partial charge in [0.25, 0.3) is 0 Å². The smallest absolute Gasteiger partial charge is 0.337 e. The van der Waals surface area contributed by atoms with E-state index in [2.05, 4.69) is 36.4 Å². The van der Waals surface area contributed by atoms with E-state index in [1.807, 2.05) is 60.7 Å². The van der Waals surface area contributed by atoms with Crippen LogP contribution in [0.25, 0.3) is 11.1 Å². The second kappa shape index (κ2) is 11.6. The minimum absolute atomic E-state index is 0.367. The highest BCUT2D eigenvalue weighted by Gasteiger charge is 2.11. The molecule has 178 valence electrons. The second-order valence-corrected chi connectivity index (χ2v) is 8.03. The molecular formula is C32H26O4. The average molecular weight is 475 g/mol. The molecule has 0 amide bonds. The van der Waals surface area contributed by atoms with Crippen molar-refractivity contribution in [2.24, 2.45) is 0 Å². The number of rotatable bonds is 7. The molecule has 0 atom stereocenters. The Morgan fingerprint density at radius 1 is 0.444 bits per heavy atom. The van der Waals surface area contributed by atoms with Crippen LogP contribution >= 0.6 is 0 Å². The Morgan fingerprint density at radius 2 is 0.722 bits per heavy atom. The Bertz CT molecular complexity index is 1270. The molecule has 0 heterocycles. The highest BCUT2D eigenvalue weighted by Crippen LogP contribution is 2.28. The lowest BCUT2D eigenvalue weighted by atomic mass is 9.93. The van der Waals surface area contributed by atoms with Crippen LogP contribution in [0.3, 0.4) is 0 Å². The van der Waals surface area contributed by atoms with E-state index >= 15 is 0 Å². The fraction of sp³-hybridized carbons (Fsp3) is 0.0625. The molecule has 0 N–H and O–H groups in total. The number of carbonyl (C=O) groups is 2. The van der Waals surface area contributed by atoms with Crippen molar-refractivity contribution < 1.29 is 19.1 Å². The third kappa shape index (κ3) is 5.68. The fourth-order valence-corrected chi connectivity index (χ4v) is 3.93. The van der Waals surface area contributed by atoms with Gasteiger partial charge in [-0.25, -0.2) is 9.59 Å². The summed E-state index contributed by atoms with van der Waals surface area (Å²) in [5.74, 6) is -0.734. The van der Waals surface area contributed by atoms with Crippen LogP contribution in [0.5, 0.6) is 0 Å². The number of esters is 2. The number of allylic oxidation sites excluding steroid dienone is 2. The van der Waals surface area contributed by atoms with E-state index in [-0.39, 0.29) is 11.9 Å². The molecule has 4 aromatic rings. The molecule has 4 rings (SSSR count). The molecule has 0 aliphatic heterocycles. The first kappa shape index (κ1) is 24.4. The predicted molar refractivity (Wildman–Crippen MR) is 143 cm³/mol. The third-order valence-electron chi connectivity index (χ3n) is 5.82. The van der Waals surface area contributed by atoms with Gasteiger partial charge in [0, 0.05) is 0 Å². The molecule has 0 fully saturated rings. The molecule has 4 heteroatoms. The average Bonchev–Trinajstić information content (AvgIpc) is 2.96. The summed E-state index contributed by atoms with van der Waals surface area (Å²) in [4.78, 5) is 23.8. The van der Waals surface area contributed by atoms with Crippen LogP contribution in [0.1, 0.15) is 43.0 Å². The van der Waals surface area contributed by atoms with Crippen molar-refractivity contribution in [2.75, 3.05) is 14.2 Å². The van der Waals surface area contributed by atoms with Gasteiger partial charge in [-0.3, -0.25) is 0 Å². The first-order valence-electron chi connectivity index (χ1n) is 11.5. The van der Waals surface area contributed by atoms with Gasteiger partial charge in [0.2, 0.25) is 0 Å². The minimum atomic E-state index is -0.367. The van der Waals surface area contributed by atoms with E-state index in [0.29, 0.717) is 11.1 Å². The largest absolute Gasteiger partial charge is 0.465 e. The van der Waals surface area contributed by atoms with Gasteiger partial charge in [-0.1, -0.05) is 97.1 Å². The van der Waals surface area contributed by atoms with E-state index in [4.69, 9.17) is 9.47 Å². The Morgan fingerprint density at radius 3 is 1.03 bits per heavy atom. The molecule has 0 spiro atoms. The normalized spacial score (nSPS) is 11.6. The Kier molecular flexibility index (Phi) is 7.89. The van der Waals surface area contributed by atoms with E-state index < -0.39 is 0 Å². The molecule has 36 heavy (non-hydrogen) atoms. The third-order valence-corrected chi connectivity index (χ3v) is 5.82. The van der Waals surface area contributed by atoms with Crippen molar-refractivity contribution in [3.05, 3.63) is 155 Å². The van der Waals surface area contributed by atoms with E-state index in [0.717, 1.165) is 33.4 Å². The lowest BCUT2D eigenvalue weighted by Gasteiger charge is -2.11. The Balaban J connectivity index is 1.83. The fourth-order valence-electron chi connectivity index (χ4n) is 3.93. The van der Waals surface area contributed by atoms with Gasteiger partial charge in [0.1, 0.15) is 0 Å². The van der Waals surface area contributed by atoms with E-state index in [9.17, 15) is 9.59 Å². The molecular weight excluding hydrogens is 448 g/mol. The maximum atomic E-state index is 11.9. The lowest BCUT2D eigenvalue weighted by molar-refractivity contribution is 0.0592. The Labute approximate surface area is 211 Å². The highest BCUT2D eigenvalue weighted by molar-refractivity contribution is 5.92. The number of benzene rings is 4. The van der Waals surface area contributed by atoms with Gasteiger partial charge < -0.3 is 9.47 Å². The Hall–Kier alpha value is -4.70. The van der Waals surface area contributed by atoms with Gasteiger partial charge in [0.15, 0.2) is 0 Å². The zero-order valence-corrected chi connectivity index (χ0v) is 20.2. The number of hydrogen-bond acceptors (Lipinski definition) is 4. The van der Waals surface area contributed by atoms with Crippen molar-refractivity contribution in [3.63, 3.8) is 0 Å². The predicted octanol–water partition coefficient (Wildman–Crippen LogP) is 6.82. The summed E-state index contributed by atoms with van der Waals surface area (Å²) in [5.41, 5.74) is 7.05. The molecule has 0 radical (unpaired) electrons. The van der Waals surface area contributed by atoms with Crippen molar-refractivity contribution in [1.29, 1.82) is 0 Å². The summed E-state index contributed by atoms with van der Waals surface area (Å²) in [5, 5.41) is 0. The van der Waals surface area contributed by atoms with Crippen LogP contribution < -0.4 is 0 Å². The van der Waals surface area contributed by atoms with Crippen LogP contribution in [0, 0.1) is 0 Å².